The molecule has 0 saturated heterocycles. The number of nitriles is 1. The fourth-order valence-electron chi connectivity index (χ4n) is 3.64. The molecule has 2 atom stereocenters. The molecule has 1 aliphatic rings. The van der Waals surface area contributed by atoms with Crippen molar-refractivity contribution in [2.75, 3.05) is 0 Å². The lowest BCUT2D eigenvalue weighted by Crippen LogP contribution is -2.26. The molecule has 3 nitrogen and oxygen atoms in total. The van der Waals surface area contributed by atoms with Crippen LogP contribution in [0.3, 0.4) is 0 Å². The highest BCUT2D eigenvalue weighted by molar-refractivity contribution is 7.16. The number of aliphatic imine (C=N–C) groups is 1. The number of hydrogen-bond acceptors (Lipinski definition) is 4. The Morgan fingerprint density at radius 2 is 2.11 bits per heavy atom. The second-order valence-corrected chi connectivity index (χ2v) is 9.82. The summed E-state index contributed by atoms with van der Waals surface area (Å²) in [6.45, 7) is 11.1. The molecule has 0 unspecified atom stereocenters. The molecule has 1 aromatic carbocycles. The van der Waals surface area contributed by atoms with Gasteiger partial charge >= 0.3 is 0 Å². The summed E-state index contributed by atoms with van der Waals surface area (Å²) in [6, 6.07) is 10.4. The summed E-state index contributed by atoms with van der Waals surface area (Å²) in [5, 5.41) is 10.6. The minimum Gasteiger partial charge on any atom is -0.490 e. The molecule has 148 valence electrons. The molecule has 0 saturated carbocycles. The zero-order chi connectivity index (χ0) is 20.3. The minimum absolute atomic E-state index is 0.160. The van der Waals surface area contributed by atoms with Crippen LogP contribution >= 0.6 is 11.3 Å². The molecular weight excluding hydrogens is 364 g/mol. The van der Waals surface area contributed by atoms with Gasteiger partial charge in [-0.05, 0) is 61.6 Å². The molecule has 3 rings (SSSR count). The van der Waals surface area contributed by atoms with E-state index >= 15 is 0 Å². The zero-order valence-electron chi connectivity index (χ0n) is 17.6. The van der Waals surface area contributed by atoms with Crippen LogP contribution in [0.4, 0.5) is 5.00 Å². The van der Waals surface area contributed by atoms with Crippen molar-refractivity contribution in [1.29, 1.82) is 5.26 Å². The number of benzene rings is 1. The Hall–Kier alpha value is -2.12. The predicted octanol–water partition coefficient (Wildman–Crippen LogP) is 6.70. The maximum absolute atomic E-state index is 9.75. The van der Waals surface area contributed by atoms with Gasteiger partial charge in [-0.3, -0.25) is 0 Å². The first-order valence-corrected chi connectivity index (χ1v) is 11.0. The van der Waals surface area contributed by atoms with Gasteiger partial charge in [-0.2, -0.15) is 5.26 Å². The monoisotopic (exact) mass is 394 g/mol. The van der Waals surface area contributed by atoms with Gasteiger partial charge in [0.2, 0.25) is 0 Å². The highest BCUT2D eigenvalue weighted by atomic mass is 32.1. The van der Waals surface area contributed by atoms with Gasteiger partial charge in [0, 0.05) is 16.7 Å². The minimum atomic E-state index is 0.160. The van der Waals surface area contributed by atoms with Crippen molar-refractivity contribution in [3.63, 3.8) is 0 Å². The lowest BCUT2D eigenvalue weighted by atomic mass is 9.72. The highest BCUT2D eigenvalue weighted by Crippen LogP contribution is 2.44. The molecule has 0 spiro atoms. The third-order valence-electron chi connectivity index (χ3n) is 5.73. The first kappa shape index (κ1) is 20.6. The highest BCUT2D eigenvalue weighted by Gasteiger charge is 2.32. The van der Waals surface area contributed by atoms with E-state index in [1.54, 1.807) is 11.3 Å². The van der Waals surface area contributed by atoms with E-state index in [0.717, 1.165) is 47.6 Å². The van der Waals surface area contributed by atoms with Gasteiger partial charge in [-0.25, -0.2) is 4.99 Å². The number of fused-ring (bicyclic) bond motifs is 1. The molecule has 0 aliphatic heterocycles. The molecule has 28 heavy (non-hydrogen) atoms. The molecule has 0 bridgehead atoms. The Morgan fingerprint density at radius 1 is 1.36 bits per heavy atom. The third kappa shape index (κ3) is 4.47. The Labute approximate surface area is 173 Å². The summed E-state index contributed by atoms with van der Waals surface area (Å²) in [4.78, 5) is 6.07. The third-order valence-corrected chi connectivity index (χ3v) is 6.89. The van der Waals surface area contributed by atoms with E-state index in [0.29, 0.717) is 11.3 Å². The molecular formula is C24H30N2OS. The topological polar surface area (TPSA) is 45.4 Å². The summed E-state index contributed by atoms with van der Waals surface area (Å²) in [5.41, 5.74) is 3.24. The largest absolute Gasteiger partial charge is 0.490 e. The van der Waals surface area contributed by atoms with Crippen LogP contribution in [0, 0.1) is 22.7 Å². The lowest BCUT2D eigenvalue weighted by molar-refractivity contribution is 0.217. The van der Waals surface area contributed by atoms with Crippen molar-refractivity contribution in [1.82, 2.24) is 0 Å². The standard InChI is InChI=1S/C24H30N2OS/c1-6-16(2)27-21-10-8-7-9-17(21)15-26-23-20(14-25)19-12-11-18(24(3,4)5)13-22(19)28-23/h7-10,15-16,18H,6,11-13H2,1-5H3/t16-,18-/m1/s1. The number of nitrogens with zero attached hydrogens (tertiary/aromatic N) is 2. The van der Waals surface area contributed by atoms with Crippen molar-refractivity contribution < 1.29 is 4.74 Å². The van der Waals surface area contributed by atoms with Crippen LogP contribution in [0.2, 0.25) is 0 Å². The fraction of sp³-hybridized carbons (Fsp3) is 0.500. The zero-order valence-corrected chi connectivity index (χ0v) is 18.4. The van der Waals surface area contributed by atoms with Crippen LogP contribution in [0.25, 0.3) is 0 Å². The molecule has 1 aromatic heterocycles. The van der Waals surface area contributed by atoms with Crippen LogP contribution in [-0.4, -0.2) is 12.3 Å². The van der Waals surface area contributed by atoms with Crippen molar-refractivity contribution in [2.45, 2.75) is 66.4 Å². The number of ether oxygens (including phenoxy) is 1. The molecule has 1 heterocycles. The summed E-state index contributed by atoms with van der Waals surface area (Å²) in [6.07, 6.45) is 6.15. The average molecular weight is 395 g/mol. The van der Waals surface area contributed by atoms with E-state index in [2.05, 4.69) is 40.7 Å². The molecule has 0 amide bonds. The van der Waals surface area contributed by atoms with Gasteiger partial charge in [0.1, 0.15) is 16.8 Å². The van der Waals surface area contributed by atoms with Crippen LogP contribution < -0.4 is 4.74 Å². The smallest absolute Gasteiger partial charge is 0.134 e. The first-order chi connectivity index (χ1) is 13.3. The maximum Gasteiger partial charge on any atom is 0.134 e. The average Bonchev–Trinajstić information content (AvgIpc) is 3.03. The Morgan fingerprint density at radius 3 is 2.79 bits per heavy atom. The molecule has 0 N–H and O–H groups in total. The van der Waals surface area contributed by atoms with Crippen molar-refractivity contribution in [3.8, 4) is 11.8 Å². The van der Waals surface area contributed by atoms with Gasteiger partial charge in [0.25, 0.3) is 0 Å². The van der Waals surface area contributed by atoms with E-state index in [1.807, 2.05) is 30.5 Å². The molecule has 0 radical (unpaired) electrons. The van der Waals surface area contributed by atoms with Crippen molar-refractivity contribution >= 4 is 22.6 Å². The van der Waals surface area contributed by atoms with Gasteiger partial charge in [0.15, 0.2) is 0 Å². The Bertz CT molecular complexity index is 898. The Kier molecular flexibility index (Phi) is 6.25. The maximum atomic E-state index is 9.75. The van der Waals surface area contributed by atoms with Gasteiger partial charge in [0.05, 0.1) is 11.7 Å². The molecule has 0 fully saturated rings. The Balaban J connectivity index is 1.89. The van der Waals surface area contributed by atoms with Crippen LogP contribution in [0.5, 0.6) is 5.75 Å². The lowest BCUT2D eigenvalue weighted by Gasteiger charge is -2.33. The second-order valence-electron chi connectivity index (χ2n) is 8.73. The van der Waals surface area contributed by atoms with E-state index in [1.165, 1.54) is 10.4 Å². The van der Waals surface area contributed by atoms with E-state index in [9.17, 15) is 5.26 Å². The van der Waals surface area contributed by atoms with E-state index in [-0.39, 0.29) is 6.10 Å². The van der Waals surface area contributed by atoms with Gasteiger partial charge in [-0.15, -0.1) is 11.3 Å². The van der Waals surface area contributed by atoms with Gasteiger partial charge < -0.3 is 4.74 Å². The predicted molar refractivity (Wildman–Crippen MR) is 118 cm³/mol. The number of hydrogen-bond donors (Lipinski definition) is 0. The normalized spacial score (nSPS) is 17.9. The van der Waals surface area contributed by atoms with Crippen LogP contribution in [0.15, 0.2) is 29.3 Å². The van der Waals surface area contributed by atoms with E-state index < -0.39 is 0 Å². The summed E-state index contributed by atoms with van der Waals surface area (Å²) in [7, 11) is 0. The van der Waals surface area contributed by atoms with Crippen molar-refractivity contribution in [3.05, 3.63) is 45.8 Å². The molecule has 2 aromatic rings. The second kappa shape index (κ2) is 8.49. The first-order valence-electron chi connectivity index (χ1n) is 10.2. The number of rotatable bonds is 5. The SMILES string of the molecule is CC[C@@H](C)Oc1ccccc1C=Nc1sc2c(c1C#N)CC[C@@H](C(C)(C)C)C2. The number of thiophene rings is 1. The summed E-state index contributed by atoms with van der Waals surface area (Å²) < 4.78 is 6.02. The molecule has 4 heteroatoms. The fourth-order valence-corrected chi connectivity index (χ4v) is 4.86. The van der Waals surface area contributed by atoms with Crippen molar-refractivity contribution in [2.24, 2.45) is 16.3 Å². The molecule has 1 aliphatic carbocycles. The quantitative estimate of drug-likeness (QED) is 0.530. The summed E-state index contributed by atoms with van der Waals surface area (Å²) >= 11 is 1.69. The number of para-hydroxylation sites is 1. The summed E-state index contributed by atoms with van der Waals surface area (Å²) in [5.74, 6) is 1.50. The van der Waals surface area contributed by atoms with Crippen LogP contribution in [0.1, 0.15) is 69.0 Å². The van der Waals surface area contributed by atoms with Crippen LogP contribution in [-0.2, 0) is 12.8 Å². The van der Waals surface area contributed by atoms with Gasteiger partial charge in [-0.1, -0.05) is 39.8 Å². The van der Waals surface area contributed by atoms with E-state index in [4.69, 9.17) is 9.73 Å².